The fourth-order valence-corrected chi connectivity index (χ4v) is 5.52. The highest BCUT2D eigenvalue weighted by Crippen LogP contribution is 2.35. The van der Waals surface area contributed by atoms with Crippen molar-refractivity contribution < 1.29 is 5.11 Å². The Morgan fingerprint density at radius 2 is 1.72 bits per heavy atom. The molecule has 2 aromatic carbocycles. The number of nitrogens with zero attached hydrogens (tertiary/aromatic N) is 3. The van der Waals surface area contributed by atoms with Crippen molar-refractivity contribution in [2.45, 2.75) is 52.9 Å². The number of benzene rings is 2. The average molecular weight is 501 g/mol. The number of nitrogens with one attached hydrogen (secondary N) is 1. The van der Waals surface area contributed by atoms with Crippen LogP contribution in [-0.2, 0) is 12.8 Å². The number of aromatic amines is 1. The van der Waals surface area contributed by atoms with Crippen molar-refractivity contribution in [1.82, 2.24) is 15.0 Å². The normalized spacial score (nSPS) is 13.1. The molecule has 6 nitrogen and oxygen atoms in total. The van der Waals surface area contributed by atoms with Gasteiger partial charge in [0.05, 0.1) is 22.0 Å². The number of aromatic hydroxyl groups is 1. The first-order valence-corrected chi connectivity index (χ1v) is 13.4. The molecule has 2 aromatic heterocycles. The summed E-state index contributed by atoms with van der Waals surface area (Å²) in [5, 5.41) is 9.85. The van der Waals surface area contributed by atoms with Gasteiger partial charge in [-0.1, -0.05) is 53.3 Å². The molecule has 186 valence electrons. The van der Waals surface area contributed by atoms with E-state index in [0.29, 0.717) is 6.42 Å². The lowest BCUT2D eigenvalue weighted by Crippen LogP contribution is -2.32. The van der Waals surface area contributed by atoms with Gasteiger partial charge < -0.3 is 10.0 Å². The van der Waals surface area contributed by atoms with Gasteiger partial charge in [0.15, 0.2) is 5.82 Å². The van der Waals surface area contributed by atoms with Gasteiger partial charge in [0.1, 0.15) is 0 Å². The summed E-state index contributed by atoms with van der Waals surface area (Å²) in [7, 11) is 0. The number of unbranched alkanes of at least 4 members (excludes halogenated alkanes) is 1. The van der Waals surface area contributed by atoms with E-state index in [4.69, 9.17) is 9.97 Å². The van der Waals surface area contributed by atoms with E-state index < -0.39 is 0 Å². The van der Waals surface area contributed by atoms with Gasteiger partial charge in [0.2, 0.25) is 5.88 Å². The molecule has 0 unspecified atom stereocenters. The largest absolute Gasteiger partial charge is 0.494 e. The quantitative estimate of drug-likeness (QED) is 0.306. The third-order valence-electron chi connectivity index (χ3n) is 6.98. The average Bonchev–Trinajstić information content (AvgIpc) is 3.19. The zero-order valence-electron chi connectivity index (χ0n) is 21.1. The molecule has 0 saturated carbocycles. The standard InChI is InChI=1S/C29H32N4O2S/c1-18-9-12-21(13-10-18)25-26(22-14-11-19(2)20(3)17-22)31-27-23(30-25)7-6-16-33(27)15-5-4-8-24-28(34)32-29(35)36-24/h9-14,17,34H,4-8,15-16H2,1-3H3,(H,32,35). The van der Waals surface area contributed by atoms with Crippen molar-refractivity contribution in [1.29, 1.82) is 0 Å². The maximum atomic E-state index is 11.4. The Labute approximate surface area is 215 Å². The molecule has 0 fully saturated rings. The number of aromatic nitrogens is 3. The topological polar surface area (TPSA) is 82.1 Å². The summed E-state index contributed by atoms with van der Waals surface area (Å²) in [6, 6.07) is 15.1. The molecule has 0 radical (unpaired) electrons. The van der Waals surface area contributed by atoms with Crippen LogP contribution < -0.4 is 9.77 Å². The lowest BCUT2D eigenvalue weighted by Gasteiger charge is -2.30. The van der Waals surface area contributed by atoms with Crippen LogP contribution in [0.25, 0.3) is 22.5 Å². The first-order chi connectivity index (χ1) is 17.4. The first-order valence-electron chi connectivity index (χ1n) is 12.6. The Kier molecular flexibility index (Phi) is 6.92. The second-order valence-corrected chi connectivity index (χ2v) is 10.8. The van der Waals surface area contributed by atoms with Gasteiger partial charge in [-0.05, 0) is 70.1 Å². The number of hydrogen-bond acceptors (Lipinski definition) is 6. The smallest absolute Gasteiger partial charge is 0.307 e. The van der Waals surface area contributed by atoms with Crippen molar-refractivity contribution in [3.8, 4) is 28.4 Å². The maximum Gasteiger partial charge on any atom is 0.307 e. The number of fused-ring (bicyclic) bond motifs is 1. The van der Waals surface area contributed by atoms with Crippen LogP contribution in [0.15, 0.2) is 47.3 Å². The molecule has 7 heteroatoms. The van der Waals surface area contributed by atoms with E-state index in [1.54, 1.807) is 0 Å². The highest BCUT2D eigenvalue weighted by Gasteiger charge is 2.24. The lowest BCUT2D eigenvalue weighted by molar-refractivity contribution is 0.449. The van der Waals surface area contributed by atoms with Gasteiger partial charge in [-0.15, -0.1) is 0 Å². The molecule has 0 spiro atoms. The van der Waals surface area contributed by atoms with Gasteiger partial charge in [-0.25, -0.2) is 9.97 Å². The predicted molar refractivity (Wildman–Crippen MR) is 147 cm³/mol. The van der Waals surface area contributed by atoms with E-state index in [-0.39, 0.29) is 10.8 Å². The van der Waals surface area contributed by atoms with Crippen molar-refractivity contribution in [2.75, 3.05) is 18.0 Å². The summed E-state index contributed by atoms with van der Waals surface area (Å²) in [6.45, 7) is 8.20. The van der Waals surface area contributed by atoms with Crippen LogP contribution in [0.5, 0.6) is 5.88 Å². The zero-order valence-corrected chi connectivity index (χ0v) is 21.9. The molecule has 0 amide bonds. The molecule has 5 rings (SSSR count). The molecule has 4 aromatic rings. The second-order valence-electron chi connectivity index (χ2n) is 9.69. The Morgan fingerprint density at radius 3 is 2.44 bits per heavy atom. The van der Waals surface area contributed by atoms with Gasteiger partial charge in [0.25, 0.3) is 0 Å². The Hall–Kier alpha value is -3.45. The minimum absolute atomic E-state index is 0.0147. The zero-order chi connectivity index (χ0) is 25.2. The number of aryl methyl sites for hydroxylation is 5. The Balaban J connectivity index is 1.45. The first kappa shape index (κ1) is 24.3. The van der Waals surface area contributed by atoms with Crippen LogP contribution in [0, 0.1) is 20.8 Å². The number of anilines is 1. The maximum absolute atomic E-state index is 11.4. The molecule has 0 atom stereocenters. The lowest BCUT2D eigenvalue weighted by atomic mass is 9.99. The van der Waals surface area contributed by atoms with Crippen molar-refractivity contribution in [3.63, 3.8) is 0 Å². The highest BCUT2D eigenvalue weighted by atomic mass is 32.1. The van der Waals surface area contributed by atoms with Gasteiger partial charge in [-0.2, -0.15) is 0 Å². The molecular weight excluding hydrogens is 468 g/mol. The minimum atomic E-state index is -0.203. The molecule has 2 N–H and O–H groups in total. The summed E-state index contributed by atoms with van der Waals surface area (Å²) in [4.78, 5) is 27.3. The molecule has 1 aliphatic heterocycles. The highest BCUT2D eigenvalue weighted by molar-refractivity contribution is 7.09. The van der Waals surface area contributed by atoms with Crippen LogP contribution in [0.1, 0.15) is 46.5 Å². The molecule has 0 bridgehead atoms. The van der Waals surface area contributed by atoms with E-state index in [1.165, 1.54) is 16.7 Å². The van der Waals surface area contributed by atoms with E-state index in [1.807, 2.05) is 0 Å². The van der Waals surface area contributed by atoms with Crippen molar-refractivity contribution >= 4 is 17.2 Å². The summed E-state index contributed by atoms with van der Waals surface area (Å²) in [6.07, 6.45) is 4.52. The molecule has 0 saturated heterocycles. The van der Waals surface area contributed by atoms with E-state index >= 15 is 0 Å². The molecule has 1 aliphatic rings. The summed E-state index contributed by atoms with van der Waals surface area (Å²) >= 11 is 1.09. The van der Waals surface area contributed by atoms with Crippen molar-refractivity contribution in [2.24, 2.45) is 0 Å². The van der Waals surface area contributed by atoms with E-state index in [0.717, 1.165) is 89.0 Å². The van der Waals surface area contributed by atoms with E-state index in [9.17, 15) is 9.90 Å². The number of thiazole rings is 1. The SMILES string of the molecule is Cc1ccc(-c2nc3c(nc2-c2ccc(C)c(C)c2)N(CCCCc2sc(=O)[nH]c2O)CCC3)cc1. The number of hydrogen-bond donors (Lipinski definition) is 2. The monoisotopic (exact) mass is 500 g/mol. The Bertz CT molecular complexity index is 1440. The molecular formula is C29H32N4O2S. The third kappa shape index (κ3) is 5.07. The summed E-state index contributed by atoms with van der Waals surface area (Å²) < 4.78 is 0. The van der Waals surface area contributed by atoms with Crippen LogP contribution in [0.4, 0.5) is 5.82 Å². The fraction of sp³-hybridized carbons (Fsp3) is 0.345. The fourth-order valence-electron chi connectivity index (χ4n) is 4.76. The van der Waals surface area contributed by atoms with E-state index in [2.05, 4.69) is 73.1 Å². The van der Waals surface area contributed by atoms with Crippen LogP contribution in [-0.4, -0.2) is 33.1 Å². The third-order valence-corrected chi connectivity index (χ3v) is 7.91. The van der Waals surface area contributed by atoms with Crippen LogP contribution in [0.2, 0.25) is 0 Å². The number of rotatable bonds is 7. The van der Waals surface area contributed by atoms with Gasteiger partial charge in [0, 0.05) is 24.2 Å². The molecule has 3 heterocycles. The minimum Gasteiger partial charge on any atom is -0.494 e. The predicted octanol–water partition coefficient (Wildman–Crippen LogP) is 5.97. The van der Waals surface area contributed by atoms with Crippen molar-refractivity contribution in [3.05, 3.63) is 79.4 Å². The molecule has 0 aliphatic carbocycles. The second kappa shape index (κ2) is 10.3. The van der Waals surface area contributed by atoms with Crippen LogP contribution in [0.3, 0.4) is 0 Å². The summed E-state index contributed by atoms with van der Waals surface area (Å²) in [5.41, 5.74) is 8.84. The van der Waals surface area contributed by atoms with Gasteiger partial charge >= 0.3 is 4.87 Å². The number of H-pyrrole nitrogens is 1. The summed E-state index contributed by atoms with van der Waals surface area (Å²) in [5.74, 6) is 1.00. The molecule has 36 heavy (non-hydrogen) atoms. The van der Waals surface area contributed by atoms with Crippen LogP contribution >= 0.6 is 11.3 Å². The Morgan fingerprint density at radius 1 is 0.972 bits per heavy atom. The van der Waals surface area contributed by atoms with Gasteiger partial charge in [-0.3, -0.25) is 9.78 Å².